The molecular formula is C49H48N2Si2. The standard InChI is InChI=1S/C49H48N2Si2/c1-52(2,3)40-25-20-37(21-26-40)50(35-14-9-7-10-15-35)39-24-29-42-43-18-13-19-44-47(31-30-45(48(43)44)49(32-33-49)46(42)34-39)51(36-16-11-8-12-17-36)38-22-27-41(28-23-38)53(4,5)6/h7-31,34H,32-33H2,1-6H3. The molecule has 0 N–H and O–H groups in total. The Balaban J connectivity index is 1.20. The molecule has 2 aliphatic rings. The molecule has 0 saturated heterocycles. The van der Waals surface area contributed by atoms with Crippen molar-refractivity contribution in [3.63, 3.8) is 0 Å². The zero-order chi connectivity index (χ0) is 36.5. The van der Waals surface area contributed by atoms with Crippen LogP contribution in [0.2, 0.25) is 39.3 Å². The molecule has 4 heteroatoms. The Morgan fingerprint density at radius 2 is 0.925 bits per heavy atom. The first kappa shape index (κ1) is 33.7. The van der Waals surface area contributed by atoms with Crippen molar-refractivity contribution >= 4 is 71.4 Å². The molecule has 0 aromatic heterocycles. The molecule has 0 aliphatic heterocycles. The lowest BCUT2D eigenvalue weighted by Crippen LogP contribution is -2.37. The number of fused-ring (bicyclic) bond motifs is 4. The van der Waals surface area contributed by atoms with E-state index in [1.54, 1.807) is 0 Å². The first-order valence-corrected chi connectivity index (χ1v) is 26.2. The topological polar surface area (TPSA) is 6.48 Å². The molecule has 1 fully saturated rings. The van der Waals surface area contributed by atoms with E-state index in [9.17, 15) is 0 Å². The Kier molecular flexibility index (Phi) is 7.92. The van der Waals surface area contributed by atoms with Crippen LogP contribution in [0.4, 0.5) is 34.1 Å². The smallest absolute Gasteiger partial charge is 0.0775 e. The number of hydrogen-bond acceptors (Lipinski definition) is 2. The summed E-state index contributed by atoms with van der Waals surface area (Å²) in [5.41, 5.74) is 12.9. The largest absolute Gasteiger partial charge is 0.310 e. The van der Waals surface area contributed by atoms with Crippen LogP contribution in [0.5, 0.6) is 0 Å². The van der Waals surface area contributed by atoms with E-state index in [1.807, 2.05) is 0 Å². The van der Waals surface area contributed by atoms with E-state index in [0.717, 1.165) is 0 Å². The van der Waals surface area contributed by atoms with E-state index in [4.69, 9.17) is 0 Å². The van der Waals surface area contributed by atoms with E-state index < -0.39 is 16.1 Å². The SMILES string of the molecule is C[Si](C)(C)c1ccc(N(c2ccccc2)c2ccc3c(c2)C2(CC2)c2ccc(N(c4ccccc4)c4ccc([Si](C)(C)C)cc4)c4cccc-3c24)cc1. The molecule has 0 atom stereocenters. The quantitative estimate of drug-likeness (QED) is 0.144. The van der Waals surface area contributed by atoms with Crippen LogP contribution in [0.3, 0.4) is 0 Å². The van der Waals surface area contributed by atoms with Crippen molar-refractivity contribution in [3.8, 4) is 11.1 Å². The molecule has 9 rings (SSSR count). The minimum Gasteiger partial charge on any atom is -0.310 e. The van der Waals surface area contributed by atoms with Crippen molar-refractivity contribution in [2.24, 2.45) is 0 Å². The van der Waals surface area contributed by atoms with Gasteiger partial charge >= 0.3 is 0 Å². The normalized spacial score (nSPS) is 14.2. The number of anilines is 6. The van der Waals surface area contributed by atoms with Crippen LogP contribution in [0.15, 0.2) is 158 Å². The van der Waals surface area contributed by atoms with Crippen molar-refractivity contribution in [1.82, 2.24) is 0 Å². The third kappa shape index (κ3) is 5.76. The minimum atomic E-state index is -1.43. The van der Waals surface area contributed by atoms with Crippen molar-refractivity contribution in [1.29, 1.82) is 0 Å². The van der Waals surface area contributed by atoms with E-state index in [0.29, 0.717) is 0 Å². The molecule has 0 radical (unpaired) electrons. The average Bonchev–Trinajstić information content (AvgIpc) is 3.97. The highest BCUT2D eigenvalue weighted by Gasteiger charge is 2.51. The third-order valence-corrected chi connectivity index (χ3v) is 15.7. The van der Waals surface area contributed by atoms with Crippen LogP contribution in [-0.2, 0) is 5.41 Å². The summed E-state index contributed by atoms with van der Waals surface area (Å²) in [4.78, 5) is 4.90. The third-order valence-electron chi connectivity index (χ3n) is 11.6. The molecule has 262 valence electrons. The maximum atomic E-state index is 2.51. The Labute approximate surface area is 317 Å². The Morgan fingerprint density at radius 1 is 0.415 bits per heavy atom. The second-order valence-electron chi connectivity index (χ2n) is 17.1. The summed E-state index contributed by atoms with van der Waals surface area (Å²) >= 11 is 0. The number of benzene rings is 7. The molecule has 7 aromatic carbocycles. The fourth-order valence-electron chi connectivity index (χ4n) is 8.57. The van der Waals surface area contributed by atoms with Gasteiger partial charge in [-0.3, -0.25) is 0 Å². The minimum absolute atomic E-state index is 0.0249. The predicted molar refractivity (Wildman–Crippen MR) is 235 cm³/mol. The highest BCUT2D eigenvalue weighted by Crippen LogP contribution is 2.63. The molecule has 1 saturated carbocycles. The summed E-state index contributed by atoms with van der Waals surface area (Å²) in [7, 11) is -2.84. The second-order valence-corrected chi connectivity index (χ2v) is 27.3. The molecule has 0 heterocycles. The van der Waals surface area contributed by atoms with Crippen LogP contribution in [0, 0.1) is 0 Å². The van der Waals surface area contributed by atoms with Gasteiger partial charge in [0.15, 0.2) is 0 Å². The number of nitrogens with zero attached hydrogens (tertiary/aromatic N) is 2. The first-order chi connectivity index (χ1) is 25.5. The van der Waals surface area contributed by atoms with Crippen molar-refractivity contribution in [3.05, 3.63) is 169 Å². The number of hydrogen-bond donors (Lipinski definition) is 0. The maximum Gasteiger partial charge on any atom is 0.0775 e. The van der Waals surface area contributed by atoms with Gasteiger partial charge in [0, 0.05) is 39.2 Å². The lowest BCUT2D eigenvalue weighted by molar-refractivity contribution is 0.853. The lowest BCUT2D eigenvalue weighted by atomic mass is 9.74. The maximum absolute atomic E-state index is 2.51. The van der Waals surface area contributed by atoms with Gasteiger partial charge in [-0.1, -0.05) is 141 Å². The zero-order valence-corrected chi connectivity index (χ0v) is 33.8. The highest BCUT2D eigenvalue weighted by atomic mass is 28.3. The summed E-state index contributed by atoms with van der Waals surface area (Å²) < 4.78 is 0. The Hall–Kier alpha value is -5.17. The predicted octanol–water partition coefficient (Wildman–Crippen LogP) is 12.9. The van der Waals surface area contributed by atoms with Crippen LogP contribution in [0.25, 0.3) is 21.9 Å². The van der Waals surface area contributed by atoms with E-state index >= 15 is 0 Å². The van der Waals surface area contributed by atoms with Crippen LogP contribution >= 0.6 is 0 Å². The van der Waals surface area contributed by atoms with Gasteiger partial charge in [-0.2, -0.15) is 0 Å². The fraction of sp³-hybridized carbons (Fsp3) is 0.184. The van der Waals surface area contributed by atoms with Gasteiger partial charge in [0.2, 0.25) is 0 Å². The summed E-state index contributed by atoms with van der Waals surface area (Å²) in [5, 5.41) is 5.68. The van der Waals surface area contributed by atoms with Gasteiger partial charge in [0.05, 0.1) is 21.8 Å². The summed E-state index contributed by atoms with van der Waals surface area (Å²) in [5.74, 6) is 0. The monoisotopic (exact) mass is 720 g/mol. The van der Waals surface area contributed by atoms with Gasteiger partial charge in [-0.05, 0) is 107 Å². The molecule has 2 aliphatic carbocycles. The molecule has 0 bridgehead atoms. The van der Waals surface area contributed by atoms with Crippen molar-refractivity contribution < 1.29 is 0 Å². The number of rotatable bonds is 8. The van der Waals surface area contributed by atoms with Crippen LogP contribution < -0.4 is 20.2 Å². The fourth-order valence-corrected chi connectivity index (χ4v) is 10.9. The van der Waals surface area contributed by atoms with Gasteiger partial charge in [-0.15, -0.1) is 0 Å². The molecule has 0 amide bonds. The Morgan fingerprint density at radius 3 is 1.47 bits per heavy atom. The van der Waals surface area contributed by atoms with Gasteiger partial charge in [0.25, 0.3) is 0 Å². The first-order valence-electron chi connectivity index (χ1n) is 19.2. The average molecular weight is 721 g/mol. The molecule has 0 unspecified atom stereocenters. The van der Waals surface area contributed by atoms with Gasteiger partial charge < -0.3 is 9.80 Å². The zero-order valence-electron chi connectivity index (χ0n) is 31.8. The molecule has 7 aromatic rings. The summed E-state index contributed by atoms with van der Waals surface area (Å²) in [6, 6.07) is 59.5. The highest BCUT2D eigenvalue weighted by molar-refractivity contribution is 6.89. The molecule has 53 heavy (non-hydrogen) atoms. The van der Waals surface area contributed by atoms with E-state index in [2.05, 4.69) is 207 Å². The number of para-hydroxylation sites is 2. The van der Waals surface area contributed by atoms with Crippen LogP contribution in [0.1, 0.15) is 24.0 Å². The molecular weight excluding hydrogens is 673 g/mol. The van der Waals surface area contributed by atoms with E-state index in [-0.39, 0.29) is 5.41 Å². The van der Waals surface area contributed by atoms with Gasteiger partial charge in [0.1, 0.15) is 0 Å². The van der Waals surface area contributed by atoms with E-state index in [1.165, 1.54) is 90.4 Å². The van der Waals surface area contributed by atoms with Crippen LogP contribution in [-0.4, -0.2) is 16.1 Å². The van der Waals surface area contributed by atoms with Crippen molar-refractivity contribution in [2.45, 2.75) is 57.5 Å². The Bertz CT molecular complexity index is 2450. The summed E-state index contributed by atoms with van der Waals surface area (Å²) in [6.45, 7) is 14.5. The lowest BCUT2D eigenvalue weighted by Gasteiger charge is -2.34. The summed E-state index contributed by atoms with van der Waals surface area (Å²) in [6.07, 6.45) is 2.34. The second kappa shape index (κ2) is 12.5. The molecule has 1 spiro atoms. The van der Waals surface area contributed by atoms with Gasteiger partial charge in [-0.25, -0.2) is 0 Å². The molecule has 2 nitrogen and oxygen atoms in total. The van der Waals surface area contributed by atoms with Crippen molar-refractivity contribution in [2.75, 3.05) is 9.80 Å².